The van der Waals surface area contributed by atoms with Gasteiger partial charge in [0.2, 0.25) is 5.91 Å². The lowest BCUT2D eigenvalue weighted by atomic mass is 10.1. The summed E-state index contributed by atoms with van der Waals surface area (Å²) in [5, 5.41) is 5.99. The van der Waals surface area contributed by atoms with Crippen molar-refractivity contribution < 1.29 is 4.79 Å². The molecule has 0 radical (unpaired) electrons. The Morgan fingerprint density at radius 2 is 2.37 bits per heavy atom. The topological polar surface area (TPSA) is 44.7 Å². The maximum Gasteiger partial charge on any atom is 0.221 e. The van der Waals surface area contributed by atoms with Gasteiger partial charge < -0.3 is 10.2 Å². The highest BCUT2D eigenvalue weighted by Crippen LogP contribution is 2.37. The maximum absolute atomic E-state index is 11.1. The molecule has 2 heterocycles. The van der Waals surface area contributed by atoms with Crippen LogP contribution < -0.4 is 5.32 Å². The van der Waals surface area contributed by atoms with Crippen LogP contribution in [-0.2, 0) is 4.79 Å². The number of amides is 1. The lowest BCUT2D eigenvalue weighted by Crippen LogP contribution is -2.19. The summed E-state index contributed by atoms with van der Waals surface area (Å²) in [5.74, 6) is -0.0712. The zero-order valence-corrected chi connectivity index (χ0v) is 12.7. The first-order chi connectivity index (χ1) is 9.15. The van der Waals surface area contributed by atoms with Crippen molar-refractivity contribution in [3.63, 3.8) is 0 Å². The average molecular weight is 338 g/mol. The van der Waals surface area contributed by atoms with Gasteiger partial charge >= 0.3 is 0 Å². The van der Waals surface area contributed by atoms with Crippen LogP contribution >= 0.6 is 27.7 Å². The molecule has 0 bridgehead atoms. The Bertz CT molecular complexity index is 612. The van der Waals surface area contributed by atoms with Crippen LogP contribution in [0, 0.1) is 0 Å². The highest BCUT2D eigenvalue weighted by molar-refractivity contribution is 9.10. The molecule has 3 rings (SSSR count). The van der Waals surface area contributed by atoms with Crippen molar-refractivity contribution in [2.24, 2.45) is 4.99 Å². The zero-order valence-electron chi connectivity index (χ0n) is 10.3. The quantitative estimate of drug-likeness (QED) is 0.901. The van der Waals surface area contributed by atoms with E-state index in [2.05, 4.69) is 36.5 Å². The molecular formula is C13H12BrN3OS. The van der Waals surface area contributed by atoms with Gasteiger partial charge in [-0.25, -0.2) is 0 Å². The summed E-state index contributed by atoms with van der Waals surface area (Å²) in [6.07, 6.45) is 0. The SMILES string of the molecule is CC(=O)Nc1ccc(C2=CSC3=NCCN23)cc1Br. The number of rotatable bonds is 2. The van der Waals surface area contributed by atoms with E-state index in [1.165, 1.54) is 12.6 Å². The Morgan fingerprint density at radius 3 is 3.11 bits per heavy atom. The van der Waals surface area contributed by atoms with Crippen molar-refractivity contribution >= 4 is 50.2 Å². The van der Waals surface area contributed by atoms with E-state index in [9.17, 15) is 4.79 Å². The number of aliphatic imine (C=N–C) groups is 1. The minimum absolute atomic E-state index is 0.0712. The number of carbonyl (C=O) groups excluding carboxylic acids is 1. The second-order valence-corrected chi connectivity index (χ2v) is 6.00. The number of nitrogens with one attached hydrogen (secondary N) is 1. The number of halogens is 1. The van der Waals surface area contributed by atoms with Gasteiger partial charge in [-0.2, -0.15) is 0 Å². The largest absolute Gasteiger partial charge is 0.325 e. The van der Waals surface area contributed by atoms with E-state index >= 15 is 0 Å². The third-order valence-corrected chi connectivity index (χ3v) is 4.50. The minimum atomic E-state index is -0.0712. The first kappa shape index (κ1) is 12.7. The predicted octanol–water partition coefficient (Wildman–Crippen LogP) is 3.12. The van der Waals surface area contributed by atoms with Crippen LogP contribution in [0.1, 0.15) is 12.5 Å². The smallest absolute Gasteiger partial charge is 0.221 e. The van der Waals surface area contributed by atoms with E-state index in [0.717, 1.165) is 34.0 Å². The molecule has 2 aliphatic heterocycles. The van der Waals surface area contributed by atoms with E-state index in [0.29, 0.717) is 0 Å². The van der Waals surface area contributed by atoms with Crippen molar-refractivity contribution in [3.8, 4) is 0 Å². The third-order valence-electron chi connectivity index (χ3n) is 2.94. The molecule has 0 saturated carbocycles. The summed E-state index contributed by atoms with van der Waals surface area (Å²) in [6.45, 7) is 3.31. The molecule has 98 valence electrons. The Morgan fingerprint density at radius 1 is 1.53 bits per heavy atom. The van der Waals surface area contributed by atoms with Gasteiger partial charge in [0.1, 0.15) is 0 Å². The van der Waals surface area contributed by atoms with Crippen LogP contribution in [0.2, 0.25) is 0 Å². The lowest BCUT2D eigenvalue weighted by molar-refractivity contribution is -0.114. The molecule has 1 amide bonds. The molecule has 1 aromatic rings. The Kier molecular flexibility index (Phi) is 3.36. The van der Waals surface area contributed by atoms with Crippen molar-refractivity contribution in [1.29, 1.82) is 0 Å². The normalized spacial score (nSPS) is 17.1. The fraction of sp³-hybridized carbons (Fsp3) is 0.231. The summed E-state index contributed by atoms with van der Waals surface area (Å²) < 4.78 is 0.885. The van der Waals surface area contributed by atoms with E-state index in [1.54, 1.807) is 11.8 Å². The Labute approximate surface area is 124 Å². The van der Waals surface area contributed by atoms with Crippen LogP contribution in [-0.4, -0.2) is 29.1 Å². The Hall–Kier alpha value is -1.27. The molecule has 1 aromatic carbocycles. The standard InChI is InChI=1S/C13H12BrN3OS/c1-8(18)16-11-3-2-9(6-10(11)14)12-7-19-13-15-4-5-17(12)13/h2-3,6-7H,4-5H2,1H3,(H,16,18). The van der Waals surface area contributed by atoms with Crippen molar-refractivity contribution in [1.82, 2.24) is 4.90 Å². The predicted molar refractivity (Wildman–Crippen MR) is 83.0 cm³/mol. The van der Waals surface area contributed by atoms with Crippen LogP contribution in [0.25, 0.3) is 5.70 Å². The van der Waals surface area contributed by atoms with E-state index < -0.39 is 0 Å². The van der Waals surface area contributed by atoms with Gasteiger partial charge in [0.05, 0.1) is 17.9 Å². The second-order valence-electron chi connectivity index (χ2n) is 4.31. The van der Waals surface area contributed by atoms with Gasteiger partial charge in [-0.1, -0.05) is 17.8 Å². The van der Waals surface area contributed by atoms with Crippen molar-refractivity contribution in [3.05, 3.63) is 33.6 Å². The highest BCUT2D eigenvalue weighted by atomic mass is 79.9. The summed E-state index contributed by atoms with van der Waals surface area (Å²) in [4.78, 5) is 17.7. The van der Waals surface area contributed by atoms with Crippen LogP contribution in [0.3, 0.4) is 0 Å². The first-order valence-corrected chi connectivity index (χ1v) is 7.59. The maximum atomic E-state index is 11.1. The van der Waals surface area contributed by atoms with Gasteiger partial charge in [-0.3, -0.25) is 9.79 Å². The fourth-order valence-electron chi connectivity index (χ4n) is 2.11. The molecule has 0 fully saturated rings. The van der Waals surface area contributed by atoms with Gasteiger partial charge in [0, 0.05) is 28.9 Å². The molecular weight excluding hydrogens is 326 g/mol. The third kappa shape index (κ3) is 2.42. The number of hydrogen-bond donors (Lipinski definition) is 1. The number of amidine groups is 1. The van der Waals surface area contributed by atoms with Crippen LogP contribution in [0.4, 0.5) is 5.69 Å². The van der Waals surface area contributed by atoms with Gasteiger partial charge in [-0.05, 0) is 28.1 Å². The van der Waals surface area contributed by atoms with Crippen LogP contribution in [0.5, 0.6) is 0 Å². The van der Waals surface area contributed by atoms with E-state index in [1.807, 2.05) is 18.2 Å². The number of benzene rings is 1. The molecule has 0 aliphatic carbocycles. The molecule has 1 N–H and O–H groups in total. The number of carbonyl (C=O) groups is 1. The van der Waals surface area contributed by atoms with Gasteiger partial charge in [0.25, 0.3) is 0 Å². The van der Waals surface area contributed by atoms with Gasteiger partial charge in [0.15, 0.2) is 5.17 Å². The molecule has 19 heavy (non-hydrogen) atoms. The lowest BCUT2D eigenvalue weighted by Gasteiger charge is -2.17. The Balaban J connectivity index is 1.89. The van der Waals surface area contributed by atoms with Crippen molar-refractivity contribution in [2.75, 3.05) is 18.4 Å². The molecule has 6 heteroatoms. The fourth-order valence-corrected chi connectivity index (χ4v) is 3.55. The summed E-state index contributed by atoms with van der Waals surface area (Å²) in [6, 6.07) is 5.96. The first-order valence-electron chi connectivity index (χ1n) is 5.91. The molecule has 0 aromatic heterocycles. The number of hydrogen-bond acceptors (Lipinski definition) is 4. The zero-order chi connectivity index (χ0) is 13.4. The molecule has 0 spiro atoms. The highest BCUT2D eigenvalue weighted by Gasteiger charge is 2.27. The summed E-state index contributed by atoms with van der Waals surface area (Å²) in [7, 11) is 0. The number of anilines is 1. The van der Waals surface area contributed by atoms with E-state index in [4.69, 9.17) is 0 Å². The monoisotopic (exact) mass is 337 g/mol. The number of nitrogens with zero attached hydrogens (tertiary/aromatic N) is 2. The van der Waals surface area contributed by atoms with Crippen LogP contribution in [0.15, 0.2) is 33.1 Å². The molecule has 2 aliphatic rings. The number of fused-ring (bicyclic) bond motifs is 1. The molecule has 0 unspecified atom stereocenters. The summed E-state index contributed by atoms with van der Waals surface area (Å²) in [5.41, 5.74) is 3.09. The minimum Gasteiger partial charge on any atom is -0.325 e. The van der Waals surface area contributed by atoms with Crippen molar-refractivity contribution in [2.45, 2.75) is 6.92 Å². The molecule has 4 nitrogen and oxygen atoms in total. The molecule has 0 saturated heterocycles. The average Bonchev–Trinajstić information content (AvgIpc) is 2.93. The molecule has 0 atom stereocenters. The second kappa shape index (κ2) is 5.02. The van der Waals surface area contributed by atoms with Gasteiger partial charge in [-0.15, -0.1) is 0 Å². The van der Waals surface area contributed by atoms with E-state index in [-0.39, 0.29) is 5.91 Å². The number of thioether (sulfide) groups is 1. The summed E-state index contributed by atoms with van der Waals surface area (Å²) >= 11 is 5.16.